The monoisotopic (exact) mass is 257 g/mol. The number of hydrogen-bond acceptors (Lipinski definition) is 4. The van der Waals surface area contributed by atoms with E-state index in [9.17, 15) is 4.79 Å². The zero-order valence-electron chi connectivity index (χ0n) is 12.2. The van der Waals surface area contributed by atoms with Crippen LogP contribution in [0.1, 0.15) is 47.0 Å². The number of esters is 1. The molecular weight excluding hydrogens is 230 g/mol. The van der Waals surface area contributed by atoms with Gasteiger partial charge < -0.3 is 9.47 Å². The Kier molecular flexibility index (Phi) is 6.09. The number of ether oxygens (including phenoxy) is 2. The smallest absolute Gasteiger partial charge is 0.307 e. The van der Waals surface area contributed by atoms with Crippen molar-refractivity contribution in [3.63, 3.8) is 0 Å². The molecule has 1 fully saturated rings. The molecule has 1 heterocycles. The summed E-state index contributed by atoms with van der Waals surface area (Å²) < 4.78 is 10.8. The van der Waals surface area contributed by atoms with Crippen LogP contribution in [-0.2, 0) is 14.3 Å². The van der Waals surface area contributed by atoms with Crippen molar-refractivity contribution in [1.29, 1.82) is 0 Å². The minimum Gasteiger partial charge on any atom is -0.466 e. The van der Waals surface area contributed by atoms with Crippen molar-refractivity contribution in [3.8, 4) is 0 Å². The van der Waals surface area contributed by atoms with Crippen molar-refractivity contribution < 1.29 is 14.3 Å². The molecule has 4 nitrogen and oxygen atoms in total. The molecule has 18 heavy (non-hydrogen) atoms. The van der Waals surface area contributed by atoms with E-state index in [1.54, 1.807) is 0 Å². The molecule has 1 saturated heterocycles. The maximum absolute atomic E-state index is 11.9. The Morgan fingerprint density at radius 3 is 2.56 bits per heavy atom. The van der Waals surface area contributed by atoms with Crippen molar-refractivity contribution in [3.05, 3.63) is 0 Å². The standard InChI is InChI=1S/C14H27NO3/c1-5-15(6-2)14(11-13(16)17-7-3)8-9-18-12(4)10-14/h12H,5-11H2,1-4H3. The first-order valence-corrected chi connectivity index (χ1v) is 7.10. The van der Waals surface area contributed by atoms with Crippen LogP contribution in [-0.4, -0.2) is 48.8 Å². The number of rotatable bonds is 6. The Morgan fingerprint density at radius 2 is 2.06 bits per heavy atom. The minimum atomic E-state index is -0.0847. The largest absolute Gasteiger partial charge is 0.466 e. The molecule has 2 atom stereocenters. The zero-order valence-corrected chi connectivity index (χ0v) is 12.2. The Labute approximate surface area is 111 Å². The van der Waals surface area contributed by atoms with Crippen molar-refractivity contribution in [2.75, 3.05) is 26.3 Å². The predicted octanol–water partition coefficient (Wildman–Crippen LogP) is 2.22. The summed E-state index contributed by atoms with van der Waals surface area (Å²) in [5, 5.41) is 0. The molecule has 0 amide bonds. The van der Waals surface area contributed by atoms with Crippen LogP contribution < -0.4 is 0 Å². The van der Waals surface area contributed by atoms with Gasteiger partial charge in [-0.15, -0.1) is 0 Å². The topological polar surface area (TPSA) is 38.8 Å². The molecule has 0 aromatic rings. The molecule has 0 saturated carbocycles. The lowest BCUT2D eigenvalue weighted by Crippen LogP contribution is -2.55. The minimum absolute atomic E-state index is 0.0760. The van der Waals surface area contributed by atoms with E-state index in [-0.39, 0.29) is 17.6 Å². The first kappa shape index (κ1) is 15.4. The van der Waals surface area contributed by atoms with Gasteiger partial charge in [-0.3, -0.25) is 9.69 Å². The number of carbonyl (C=O) groups is 1. The van der Waals surface area contributed by atoms with Gasteiger partial charge in [-0.25, -0.2) is 0 Å². The molecule has 1 aliphatic rings. The number of carbonyl (C=O) groups excluding carboxylic acids is 1. The normalized spacial score (nSPS) is 28.4. The molecule has 0 bridgehead atoms. The quantitative estimate of drug-likeness (QED) is 0.684. The molecular formula is C14H27NO3. The Bertz CT molecular complexity index is 266. The van der Waals surface area contributed by atoms with Gasteiger partial charge in [0.05, 0.1) is 19.1 Å². The molecule has 106 valence electrons. The molecule has 0 spiro atoms. The molecule has 0 aliphatic carbocycles. The zero-order chi connectivity index (χ0) is 13.6. The molecule has 0 aromatic carbocycles. The summed E-state index contributed by atoms with van der Waals surface area (Å²) in [6.45, 7) is 11.4. The number of hydrogen-bond donors (Lipinski definition) is 0. The summed E-state index contributed by atoms with van der Waals surface area (Å²) in [6.07, 6.45) is 2.52. The Morgan fingerprint density at radius 1 is 1.39 bits per heavy atom. The van der Waals surface area contributed by atoms with Gasteiger partial charge in [-0.05, 0) is 39.8 Å². The van der Waals surface area contributed by atoms with Gasteiger partial charge in [0, 0.05) is 12.1 Å². The molecule has 4 heteroatoms. The molecule has 1 aliphatic heterocycles. The Hall–Kier alpha value is -0.610. The van der Waals surface area contributed by atoms with Gasteiger partial charge in [-0.1, -0.05) is 13.8 Å². The molecule has 0 radical (unpaired) electrons. The van der Waals surface area contributed by atoms with Crippen LogP contribution in [0.3, 0.4) is 0 Å². The van der Waals surface area contributed by atoms with Gasteiger partial charge in [0.15, 0.2) is 0 Å². The number of nitrogens with zero attached hydrogens (tertiary/aromatic N) is 1. The lowest BCUT2D eigenvalue weighted by Gasteiger charge is -2.47. The average molecular weight is 257 g/mol. The van der Waals surface area contributed by atoms with Crippen molar-refractivity contribution in [1.82, 2.24) is 4.90 Å². The van der Waals surface area contributed by atoms with Gasteiger partial charge >= 0.3 is 5.97 Å². The first-order valence-electron chi connectivity index (χ1n) is 7.10. The third kappa shape index (κ3) is 3.69. The SMILES string of the molecule is CCOC(=O)CC1(N(CC)CC)CCOC(C)C1. The van der Waals surface area contributed by atoms with E-state index in [1.807, 2.05) is 6.92 Å². The van der Waals surface area contributed by atoms with Crippen LogP contribution in [0.25, 0.3) is 0 Å². The third-order valence-electron chi connectivity index (χ3n) is 3.85. The van der Waals surface area contributed by atoms with Crippen LogP contribution in [0.4, 0.5) is 0 Å². The van der Waals surface area contributed by atoms with E-state index >= 15 is 0 Å². The highest BCUT2D eigenvalue weighted by Crippen LogP contribution is 2.34. The van der Waals surface area contributed by atoms with Gasteiger partial charge in [0.2, 0.25) is 0 Å². The van der Waals surface area contributed by atoms with Crippen LogP contribution in [0.2, 0.25) is 0 Å². The van der Waals surface area contributed by atoms with Crippen LogP contribution in [0.15, 0.2) is 0 Å². The van der Waals surface area contributed by atoms with E-state index in [1.165, 1.54) is 0 Å². The highest BCUT2D eigenvalue weighted by molar-refractivity contribution is 5.71. The van der Waals surface area contributed by atoms with E-state index in [0.29, 0.717) is 13.0 Å². The molecule has 1 rings (SSSR count). The van der Waals surface area contributed by atoms with Gasteiger partial charge in [0.1, 0.15) is 0 Å². The first-order chi connectivity index (χ1) is 8.57. The second-order valence-corrected chi connectivity index (χ2v) is 5.01. The molecule has 0 aromatic heterocycles. The summed E-state index contributed by atoms with van der Waals surface area (Å²) in [7, 11) is 0. The second kappa shape index (κ2) is 7.10. The fraction of sp³-hybridized carbons (Fsp3) is 0.929. The fourth-order valence-corrected chi connectivity index (χ4v) is 3.08. The summed E-state index contributed by atoms with van der Waals surface area (Å²) in [5.74, 6) is -0.0847. The van der Waals surface area contributed by atoms with E-state index in [2.05, 4.69) is 25.7 Å². The predicted molar refractivity (Wildman–Crippen MR) is 71.6 cm³/mol. The van der Waals surface area contributed by atoms with Crippen LogP contribution in [0.5, 0.6) is 0 Å². The lowest BCUT2D eigenvalue weighted by molar-refractivity contribution is -0.150. The highest BCUT2D eigenvalue weighted by Gasteiger charge is 2.41. The summed E-state index contributed by atoms with van der Waals surface area (Å²) in [4.78, 5) is 14.3. The van der Waals surface area contributed by atoms with Crippen molar-refractivity contribution in [2.24, 2.45) is 0 Å². The van der Waals surface area contributed by atoms with E-state index in [0.717, 1.165) is 32.5 Å². The van der Waals surface area contributed by atoms with E-state index < -0.39 is 0 Å². The van der Waals surface area contributed by atoms with Crippen molar-refractivity contribution in [2.45, 2.75) is 58.6 Å². The maximum atomic E-state index is 11.9. The summed E-state index contributed by atoms with van der Waals surface area (Å²) in [5.41, 5.74) is -0.0760. The fourth-order valence-electron chi connectivity index (χ4n) is 3.08. The Balaban J connectivity index is 2.82. The maximum Gasteiger partial charge on any atom is 0.307 e. The van der Waals surface area contributed by atoms with Gasteiger partial charge in [-0.2, -0.15) is 0 Å². The van der Waals surface area contributed by atoms with Crippen molar-refractivity contribution >= 4 is 5.97 Å². The molecule has 2 unspecified atom stereocenters. The van der Waals surface area contributed by atoms with Gasteiger partial charge in [0.25, 0.3) is 0 Å². The van der Waals surface area contributed by atoms with E-state index in [4.69, 9.17) is 9.47 Å². The average Bonchev–Trinajstić information content (AvgIpc) is 2.30. The molecule has 0 N–H and O–H groups in total. The third-order valence-corrected chi connectivity index (χ3v) is 3.85. The van der Waals surface area contributed by atoms with Crippen LogP contribution >= 0.6 is 0 Å². The summed E-state index contributed by atoms with van der Waals surface area (Å²) >= 11 is 0. The second-order valence-electron chi connectivity index (χ2n) is 5.01. The van der Waals surface area contributed by atoms with Crippen LogP contribution in [0, 0.1) is 0 Å². The highest BCUT2D eigenvalue weighted by atomic mass is 16.5. The lowest BCUT2D eigenvalue weighted by atomic mass is 9.82. The summed E-state index contributed by atoms with van der Waals surface area (Å²) in [6, 6.07) is 0.